The van der Waals surface area contributed by atoms with Crippen LogP contribution >= 0.6 is 0 Å². The normalized spacial score (nSPS) is 31.8. The smallest absolute Gasteiger partial charge is 0.253 e. The second-order valence-electron chi connectivity index (χ2n) is 10.6. The van der Waals surface area contributed by atoms with Crippen molar-refractivity contribution in [3.05, 3.63) is 53.6 Å². The fourth-order valence-corrected chi connectivity index (χ4v) is 6.84. The number of amides is 3. The summed E-state index contributed by atoms with van der Waals surface area (Å²) in [5.74, 6) is -2.20. The van der Waals surface area contributed by atoms with Gasteiger partial charge in [-0.15, -0.1) is 0 Å². The van der Waals surface area contributed by atoms with Gasteiger partial charge in [-0.3, -0.25) is 14.4 Å². The standard InChI is InChI=1S/C29H37N3O5/c1-5-14-30-15-8-12-21-22(26(30)34)23-27(35)32(20(6-2)17-33)25-28(36)31(16-9-13-29(23,25)37-21)24-18(3)10-7-11-19(24)4/h7-13,20-23,25,33H,5-6,14-17H2,1-4H3/t20-,21+,22-,23-,25?,29-/m0/s1. The van der Waals surface area contributed by atoms with E-state index in [1.54, 1.807) is 9.80 Å². The number of carbonyl (C=O) groups excluding carboxylic acids is 3. The number of aliphatic hydroxyl groups excluding tert-OH is 1. The molecule has 4 aliphatic rings. The Kier molecular flexibility index (Phi) is 6.75. The van der Waals surface area contributed by atoms with Crippen LogP contribution in [0.1, 0.15) is 37.8 Å². The van der Waals surface area contributed by atoms with Crippen LogP contribution in [-0.2, 0) is 19.1 Å². The SMILES string of the molecule is CCCN1CC=C[C@H]2O[C@]34C=CCN(c5c(C)cccc5C)C(=O)C3N([C@@H](CC)CO)C(=O)[C@@H]4[C@H]2C1=O. The lowest BCUT2D eigenvalue weighted by Crippen LogP contribution is -2.58. The van der Waals surface area contributed by atoms with Gasteiger partial charge in [0.25, 0.3) is 5.91 Å². The summed E-state index contributed by atoms with van der Waals surface area (Å²) in [6.07, 6.45) is 8.27. The van der Waals surface area contributed by atoms with Crippen molar-refractivity contribution in [3.8, 4) is 0 Å². The van der Waals surface area contributed by atoms with Gasteiger partial charge in [-0.2, -0.15) is 0 Å². The first kappa shape index (κ1) is 25.7. The molecule has 2 fully saturated rings. The number of ether oxygens (including phenoxy) is 1. The maximum Gasteiger partial charge on any atom is 0.253 e. The maximum atomic E-state index is 14.5. The molecule has 1 spiro atoms. The average molecular weight is 508 g/mol. The minimum atomic E-state index is -1.29. The summed E-state index contributed by atoms with van der Waals surface area (Å²) in [5, 5.41) is 10.3. The number of hydrogen-bond donors (Lipinski definition) is 1. The van der Waals surface area contributed by atoms with Crippen LogP contribution in [0.3, 0.4) is 0 Å². The van der Waals surface area contributed by atoms with Crippen molar-refractivity contribution < 1.29 is 24.2 Å². The van der Waals surface area contributed by atoms with E-state index in [4.69, 9.17) is 4.74 Å². The topological polar surface area (TPSA) is 90.4 Å². The van der Waals surface area contributed by atoms with Crippen LogP contribution in [0.5, 0.6) is 0 Å². The molecule has 8 heteroatoms. The summed E-state index contributed by atoms with van der Waals surface area (Å²) in [7, 11) is 0. The van der Waals surface area contributed by atoms with Crippen molar-refractivity contribution >= 4 is 23.4 Å². The minimum Gasteiger partial charge on any atom is -0.394 e. The number of likely N-dealkylation sites (tertiary alicyclic amines) is 1. The number of aliphatic hydroxyl groups is 1. The van der Waals surface area contributed by atoms with Crippen LogP contribution in [0.2, 0.25) is 0 Å². The van der Waals surface area contributed by atoms with Crippen molar-refractivity contribution in [1.82, 2.24) is 9.80 Å². The zero-order valence-electron chi connectivity index (χ0n) is 22.1. The fraction of sp³-hybridized carbons (Fsp3) is 0.552. The molecule has 0 aliphatic carbocycles. The second-order valence-corrected chi connectivity index (χ2v) is 10.6. The van der Waals surface area contributed by atoms with Crippen LogP contribution in [-0.4, -0.2) is 82.7 Å². The number of fused-ring (bicyclic) bond motifs is 2. The van der Waals surface area contributed by atoms with Crippen LogP contribution in [0, 0.1) is 25.7 Å². The molecule has 0 aromatic heterocycles. The Balaban J connectivity index is 1.66. The predicted molar refractivity (Wildman–Crippen MR) is 140 cm³/mol. The Labute approximate surface area is 218 Å². The van der Waals surface area contributed by atoms with Gasteiger partial charge in [0.15, 0.2) is 0 Å². The number of aryl methyl sites for hydroxylation is 2. The summed E-state index contributed by atoms with van der Waals surface area (Å²) < 4.78 is 6.68. The maximum absolute atomic E-state index is 14.5. The van der Waals surface area contributed by atoms with Crippen LogP contribution in [0.15, 0.2) is 42.5 Å². The van der Waals surface area contributed by atoms with Crippen LogP contribution < -0.4 is 4.90 Å². The van der Waals surface area contributed by atoms with Crippen LogP contribution in [0.25, 0.3) is 0 Å². The van der Waals surface area contributed by atoms with Crippen molar-refractivity contribution in [2.45, 2.75) is 64.3 Å². The summed E-state index contributed by atoms with van der Waals surface area (Å²) in [5.41, 5.74) is 1.46. The zero-order valence-corrected chi connectivity index (χ0v) is 22.1. The molecule has 0 radical (unpaired) electrons. The van der Waals surface area contributed by atoms with Gasteiger partial charge in [-0.05, 0) is 37.8 Å². The monoisotopic (exact) mass is 507 g/mol. The number of nitrogens with zero attached hydrogens (tertiary/aromatic N) is 3. The second kappa shape index (κ2) is 9.72. The molecule has 1 aromatic rings. The lowest BCUT2D eigenvalue weighted by atomic mass is 9.77. The number of benzene rings is 1. The number of anilines is 1. The number of para-hydroxylation sites is 1. The molecular weight excluding hydrogens is 470 g/mol. The highest BCUT2D eigenvalue weighted by Gasteiger charge is 2.72. The Bertz CT molecular complexity index is 1140. The molecule has 0 bridgehead atoms. The average Bonchev–Trinajstić information content (AvgIpc) is 3.19. The molecule has 1 unspecified atom stereocenters. The lowest BCUT2D eigenvalue weighted by molar-refractivity contribution is -0.147. The van der Waals surface area contributed by atoms with Gasteiger partial charge in [-0.1, -0.05) is 56.4 Å². The van der Waals surface area contributed by atoms with E-state index in [0.29, 0.717) is 26.1 Å². The van der Waals surface area contributed by atoms with E-state index in [1.165, 1.54) is 4.90 Å². The van der Waals surface area contributed by atoms with Crippen molar-refractivity contribution in [3.63, 3.8) is 0 Å². The van der Waals surface area contributed by atoms with Crippen molar-refractivity contribution in [2.24, 2.45) is 11.8 Å². The minimum absolute atomic E-state index is 0.110. The fourth-order valence-electron chi connectivity index (χ4n) is 6.84. The van der Waals surface area contributed by atoms with E-state index in [1.807, 2.05) is 70.2 Å². The van der Waals surface area contributed by atoms with E-state index in [9.17, 15) is 19.5 Å². The molecule has 37 heavy (non-hydrogen) atoms. The molecule has 6 atom stereocenters. The Hall–Kier alpha value is -2.97. The zero-order chi connectivity index (χ0) is 26.5. The molecule has 2 saturated heterocycles. The first-order valence-corrected chi connectivity index (χ1v) is 13.4. The van der Waals surface area contributed by atoms with Gasteiger partial charge >= 0.3 is 0 Å². The largest absolute Gasteiger partial charge is 0.394 e. The van der Waals surface area contributed by atoms with Gasteiger partial charge in [0.2, 0.25) is 11.8 Å². The van der Waals surface area contributed by atoms with Gasteiger partial charge in [0.05, 0.1) is 30.6 Å². The third-order valence-electron chi connectivity index (χ3n) is 8.46. The molecule has 5 rings (SSSR count). The van der Waals surface area contributed by atoms with Gasteiger partial charge in [0, 0.05) is 25.3 Å². The van der Waals surface area contributed by atoms with E-state index in [-0.39, 0.29) is 24.3 Å². The Morgan fingerprint density at radius 3 is 2.43 bits per heavy atom. The van der Waals surface area contributed by atoms with Crippen molar-refractivity contribution in [2.75, 3.05) is 31.1 Å². The molecule has 4 aliphatic heterocycles. The van der Waals surface area contributed by atoms with E-state index < -0.39 is 35.6 Å². The first-order chi connectivity index (χ1) is 17.8. The molecule has 0 saturated carbocycles. The van der Waals surface area contributed by atoms with Gasteiger partial charge < -0.3 is 24.5 Å². The Morgan fingerprint density at radius 1 is 1.05 bits per heavy atom. The molecular formula is C29H37N3O5. The van der Waals surface area contributed by atoms with Gasteiger partial charge in [-0.25, -0.2) is 0 Å². The van der Waals surface area contributed by atoms with Crippen molar-refractivity contribution in [1.29, 1.82) is 0 Å². The molecule has 3 amide bonds. The predicted octanol–water partition coefficient (Wildman–Crippen LogP) is 2.37. The van der Waals surface area contributed by atoms with Crippen LogP contribution in [0.4, 0.5) is 5.69 Å². The first-order valence-electron chi connectivity index (χ1n) is 13.4. The number of hydrogen-bond acceptors (Lipinski definition) is 5. The summed E-state index contributed by atoms with van der Waals surface area (Å²) in [6.45, 7) is 8.99. The lowest BCUT2D eigenvalue weighted by Gasteiger charge is -2.38. The summed E-state index contributed by atoms with van der Waals surface area (Å²) in [4.78, 5) is 47.6. The van der Waals surface area contributed by atoms with E-state index in [2.05, 4.69) is 0 Å². The molecule has 4 heterocycles. The summed E-state index contributed by atoms with van der Waals surface area (Å²) in [6, 6.07) is 4.37. The molecule has 8 nitrogen and oxygen atoms in total. The highest BCUT2D eigenvalue weighted by Crippen LogP contribution is 2.54. The summed E-state index contributed by atoms with van der Waals surface area (Å²) >= 11 is 0. The quantitative estimate of drug-likeness (QED) is 0.597. The third-order valence-corrected chi connectivity index (χ3v) is 8.46. The highest BCUT2D eigenvalue weighted by atomic mass is 16.5. The third kappa shape index (κ3) is 3.76. The Morgan fingerprint density at radius 2 is 1.78 bits per heavy atom. The molecule has 1 aromatic carbocycles. The molecule has 198 valence electrons. The number of carbonyl (C=O) groups is 3. The van der Waals surface area contributed by atoms with E-state index in [0.717, 1.165) is 23.2 Å². The highest BCUT2D eigenvalue weighted by molar-refractivity contribution is 6.06. The number of rotatable bonds is 6. The van der Waals surface area contributed by atoms with Gasteiger partial charge in [0.1, 0.15) is 11.6 Å². The molecule has 1 N–H and O–H groups in total. The van der Waals surface area contributed by atoms with E-state index >= 15 is 0 Å².